The van der Waals surface area contributed by atoms with E-state index < -0.39 is 6.10 Å². The summed E-state index contributed by atoms with van der Waals surface area (Å²) < 4.78 is 0. The minimum Gasteiger partial charge on any atom is -0.391 e. The molecule has 2 rings (SSSR count). The molecule has 0 radical (unpaired) electrons. The molecule has 1 fully saturated rings. The van der Waals surface area contributed by atoms with Gasteiger partial charge in [0.2, 0.25) is 5.91 Å². The maximum atomic E-state index is 11.1. The van der Waals surface area contributed by atoms with Crippen LogP contribution < -0.4 is 5.32 Å². The topological polar surface area (TPSA) is 65.5 Å². The molecule has 6 heteroatoms. The van der Waals surface area contributed by atoms with Crippen molar-refractivity contribution < 1.29 is 9.90 Å². The quantitative estimate of drug-likeness (QED) is 0.865. The summed E-state index contributed by atoms with van der Waals surface area (Å²) >= 11 is 1.66. The van der Waals surface area contributed by atoms with Crippen LogP contribution in [0.3, 0.4) is 0 Å². The molecule has 2 N–H and O–H groups in total. The highest BCUT2D eigenvalue weighted by Crippen LogP contribution is 2.16. The van der Waals surface area contributed by atoms with E-state index in [-0.39, 0.29) is 11.9 Å². The number of likely N-dealkylation sites (tertiary alicyclic amines) is 1. The summed E-state index contributed by atoms with van der Waals surface area (Å²) in [6.07, 6.45) is 1.02. The molecule has 1 aromatic heterocycles. The van der Waals surface area contributed by atoms with Crippen LogP contribution in [0.5, 0.6) is 0 Å². The van der Waals surface area contributed by atoms with Gasteiger partial charge in [-0.2, -0.15) is 0 Å². The summed E-state index contributed by atoms with van der Waals surface area (Å²) in [7, 11) is 0. The van der Waals surface area contributed by atoms with Gasteiger partial charge in [-0.3, -0.25) is 9.69 Å². The van der Waals surface area contributed by atoms with Crippen molar-refractivity contribution in [3.63, 3.8) is 0 Å². The van der Waals surface area contributed by atoms with Crippen molar-refractivity contribution in [2.24, 2.45) is 0 Å². The standard InChI is InChI=1S/C13H21N3O2S/c1-9(17)14-12-3-5-16(6-4-13(12)18)7-11-8-19-10(2)15-11/h8,12-13,18H,3-7H2,1-2H3,(H,14,17)/t12-,13-/m0/s1. The Bertz CT molecular complexity index is 435. The third-order valence-electron chi connectivity index (χ3n) is 3.40. The van der Waals surface area contributed by atoms with E-state index >= 15 is 0 Å². The normalized spacial score (nSPS) is 25.0. The van der Waals surface area contributed by atoms with Gasteiger partial charge in [0.25, 0.3) is 0 Å². The molecule has 1 amide bonds. The molecule has 1 aliphatic rings. The Labute approximate surface area is 117 Å². The number of aliphatic hydroxyl groups excluding tert-OH is 1. The maximum absolute atomic E-state index is 11.1. The number of amides is 1. The lowest BCUT2D eigenvalue weighted by atomic mass is 10.1. The van der Waals surface area contributed by atoms with E-state index in [4.69, 9.17) is 0 Å². The Morgan fingerprint density at radius 1 is 1.58 bits per heavy atom. The van der Waals surface area contributed by atoms with Gasteiger partial charge in [0.05, 0.1) is 22.8 Å². The number of aromatic nitrogens is 1. The molecule has 0 aromatic carbocycles. The molecule has 0 bridgehead atoms. The van der Waals surface area contributed by atoms with Gasteiger partial charge in [0.15, 0.2) is 0 Å². The zero-order valence-corrected chi connectivity index (χ0v) is 12.2. The second-order valence-electron chi connectivity index (χ2n) is 5.09. The second-order valence-corrected chi connectivity index (χ2v) is 6.15. The van der Waals surface area contributed by atoms with E-state index in [1.807, 2.05) is 6.92 Å². The SMILES string of the molecule is CC(=O)N[C@H]1CCN(Cc2csc(C)n2)CC[C@@H]1O. The minimum absolute atomic E-state index is 0.0763. The number of rotatable bonds is 3. The van der Waals surface area contributed by atoms with Crippen LogP contribution in [0.15, 0.2) is 5.38 Å². The maximum Gasteiger partial charge on any atom is 0.217 e. The van der Waals surface area contributed by atoms with E-state index in [2.05, 4.69) is 20.6 Å². The molecule has 0 saturated carbocycles. The van der Waals surface area contributed by atoms with Crippen LogP contribution in [0.4, 0.5) is 0 Å². The summed E-state index contributed by atoms with van der Waals surface area (Å²) in [4.78, 5) is 17.9. The van der Waals surface area contributed by atoms with Crippen molar-refractivity contribution in [2.45, 2.75) is 45.4 Å². The highest BCUT2D eigenvalue weighted by atomic mass is 32.1. The van der Waals surface area contributed by atoms with Gasteiger partial charge in [0, 0.05) is 31.9 Å². The second kappa shape index (κ2) is 6.45. The third-order valence-corrected chi connectivity index (χ3v) is 4.23. The number of aliphatic hydroxyl groups is 1. The number of thiazole rings is 1. The van der Waals surface area contributed by atoms with Crippen molar-refractivity contribution in [2.75, 3.05) is 13.1 Å². The van der Waals surface area contributed by atoms with Crippen molar-refractivity contribution in [1.82, 2.24) is 15.2 Å². The molecule has 2 atom stereocenters. The molecule has 5 nitrogen and oxygen atoms in total. The van der Waals surface area contributed by atoms with Crippen LogP contribution in [0.1, 0.15) is 30.5 Å². The molecular weight excluding hydrogens is 262 g/mol. The number of nitrogens with one attached hydrogen (secondary N) is 1. The zero-order valence-electron chi connectivity index (χ0n) is 11.4. The van der Waals surface area contributed by atoms with Crippen molar-refractivity contribution in [1.29, 1.82) is 0 Å². The smallest absolute Gasteiger partial charge is 0.217 e. The monoisotopic (exact) mass is 283 g/mol. The molecule has 1 aliphatic heterocycles. The van der Waals surface area contributed by atoms with Crippen LogP contribution in [-0.2, 0) is 11.3 Å². The molecule has 2 heterocycles. The minimum atomic E-state index is -0.453. The molecule has 19 heavy (non-hydrogen) atoms. The van der Waals surface area contributed by atoms with Gasteiger partial charge < -0.3 is 10.4 Å². The van der Waals surface area contributed by atoms with Gasteiger partial charge in [0.1, 0.15) is 0 Å². The van der Waals surface area contributed by atoms with Gasteiger partial charge in [-0.05, 0) is 19.8 Å². The molecule has 106 valence electrons. The molecule has 0 aliphatic carbocycles. The number of nitrogens with zero attached hydrogens (tertiary/aromatic N) is 2. The average molecular weight is 283 g/mol. The highest BCUT2D eigenvalue weighted by molar-refractivity contribution is 7.09. The summed E-state index contributed by atoms with van der Waals surface area (Å²) in [6.45, 7) is 6.04. The number of carbonyl (C=O) groups is 1. The fourth-order valence-corrected chi connectivity index (χ4v) is 3.04. The fraction of sp³-hybridized carbons (Fsp3) is 0.692. The lowest BCUT2D eigenvalue weighted by Crippen LogP contribution is -2.42. The first kappa shape index (κ1) is 14.4. The van der Waals surface area contributed by atoms with E-state index in [1.165, 1.54) is 6.92 Å². The number of carbonyl (C=O) groups excluding carboxylic acids is 1. The Morgan fingerprint density at radius 3 is 2.95 bits per heavy atom. The predicted molar refractivity (Wildman–Crippen MR) is 75.0 cm³/mol. The Hall–Kier alpha value is -0.980. The largest absolute Gasteiger partial charge is 0.391 e. The van der Waals surface area contributed by atoms with Gasteiger partial charge in [-0.1, -0.05) is 0 Å². The van der Waals surface area contributed by atoms with E-state index in [0.29, 0.717) is 6.42 Å². The van der Waals surface area contributed by atoms with Crippen molar-refractivity contribution in [3.05, 3.63) is 16.1 Å². The van der Waals surface area contributed by atoms with Crippen molar-refractivity contribution >= 4 is 17.2 Å². The zero-order chi connectivity index (χ0) is 13.8. The average Bonchev–Trinajstić information content (AvgIpc) is 2.67. The van der Waals surface area contributed by atoms with E-state index in [0.717, 1.165) is 36.8 Å². The lowest BCUT2D eigenvalue weighted by molar-refractivity contribution is -0.120. The lowest BCUT2D eigenvalue weighted by Gasteiger charge is -2.20. The number of hydrogen-bond donors (Lipinski definition) is 2. The first-order chi connectivity index (χ1) is 9.04. The Balaban J connectivity index is 1.90. The Morgan fingerprint density at radius 2 is 2.32 bits per heavy atom. The molecular formula is C13H21N3O2S. The fourth-order valence-electron chi connectivity index (χ4n) is 2.44. The third kappa shape index (κ3) is 4.26. The summed E-state index contributed by atoms with van der Waals surface area (Å²) in [5, 5.41) is 16.0. The number of aryl methyl sites for hydroxylation is 1. The van der Waals surface area contributed by atoms with Crippen LogP contribution >= 0.6 is 11.3 Å². The summed E-state index contributed by atoms with van der Waals surface area (Å²) in [5.74, 6) is -0.0763. The van der Waals surface area contributed by atoms with E-state index in [9.17, 15) is 9.90 Å². The van der Waals surface area contributed by atoms with Crippen LogP contribution in [0, 0.1) is 6.92 Å². The van der Waals surface area contributed by atoms with E-state index in [1.54, 1.807) is 11.3 Å². The predicted octanol–water partition coefficient (Wildman–Crippen LogP) is 0.913. The summed E-state index contributed by atoms with van der Waals surface area (Å²) in [5.41, 5.74) is 1.09. The van der Waals surface area contributed by atoms with Gasteiger partial charge in [-0.15, -0.1) is 11.3 Å². The van der Waals surface area contributed by atoms with Gasteiger partial charge >= 0.3 is 0 Å². The van der Waals surface area contributed by atoms with Crippen LogP contribution in [0.25, 0.3) is 0 Å². The van der Waals surface area contributed by atoms with Crippen LogP contribution in [0.2, 0.25) is 0 Å². The first-order valence-corrected chi connectivity index (χ1v) is 7.51. The molecule has 1 aromatic rings. The first-order valence-electron chi connectivity index (χ1n) is 6.63. The molecule has 0 spiro atoms. The number of hydrogen-bond acceptors (Lipinski definition) is 5. The van der Waals surface area contributed by atoms with Crippen LogP contribution in [-0.4, -0.2) is 46.1 Å². The molecule has 0 unspecified atom stereocenters. The Kier molecular flexibility index (Phi) is 4.90. The van der Waals surface area contributed by atoms with Gasteiger partial charge in [-0.25, -0.2) is 4.98 Å². The molecule has 1 saturated heterocycles. The van der Waals surface area contributed by atoms with Crippen molar-refractivity contribution in [3.8, 4) is 0 Å². The highest BCUT2D eigenvalue weighted by Gasteiger charge is 2.25. The summed E-state index contributed by atoms with van der Waals surface area (Å²) in [6, 6.07) is -0.125.